The second-order valence-electron chi connectivity index (χ2n) is 8.61. The van der Waals surface area contributed by atoms with Crippen molar-refractivity contribution in [2.45, 2.75) is 83.3 Å². The van der Waals surface area contributed by atoms with E-state index in [0.717, 1.165) is 4.68 Å². The summed E-state index contributed by atoms with van der Waals surface area (Å²) in [6.45, 7) is 5.68. The monoisotopic (exact) mass is 389 g/mol. The second kappa shape index (κ2) is 6.39. The minimum absolute atomic E-state index is 0.0608. The molecule has 0 saturated carbocycles. The van der Waals surface area contributed by atoms with Crippen LogP contribution in [-0.2, 0) is 30.2 Å². The summed E-state index contributed by atoms with van der Waals surface area (Å²) in [6, 6.07) is -0.284. The summed E-state index contributed by atoms with van der Waals surface area (Å²) in [7, 11) is 0. The van der Waals surface area contributed by atoms with Gasteiger partial charge in [0.05, 0.1) is 25.4 Å². The fourth-order valence-electron chi connectivity index (χ4n) is 3.66. The van der Waals surface area contributed by atoms with Gasteiger partial charge in [0, 0.05) is 24.4 Å². The quantitative estimate of drug-likeness (QED) is 0.801. The van der Waals surface area contributed by atoms with Gasteiger partial charge in [0.15, 0.2) is 5.67 Å². The first-order valence-corrected chi connectivity index (χ1v) is 9.11. The number of halogens is 3. The van der Waals surface area contributed by atoms with E-state index >= 15 is 0 Å². The summed E-state index contributed by atoms with van der Waals surface area (Å²) in [6.07, 6.45) is -1.47. The molecule has 1 aromatic rings. The van der Waals surface area contributed by atoms with E-state index in [-0.39, 0.29) is 30.3 Å². The number of fused-ring (bicyclic) bond motifs is 3. The fraction of sp³-hybridized carbons (Fsp3) is 0.778. The van der Waals surface area contributed by atoms with Gasteiger partial charge in [-0.2, -0.15) is 13.9 Å². The van der Waals surface area contributed by atoms with Crippen LogP contribution in [0.5, 0.6) is 0 Å². The van der Waals surface area contributed by atoms with Crippen molar-refractivity contribution in [1.82, 2.24) is 14.7 Å². The minimum Gasteiger partial charge on any atom is -0.444 e. The molecule has 2 aliphatic heterocycles. The van der Waals surface area contributed by atoms with Crippen molar-refractivity contribution in [2.24, 2.45) is 0 Å². The van der Waals surface area contributed by atoms with E-state index in [0.29, 0.717) is 5.69 Å². The van der Waals surface area contributed by atoms with Crippen LogP contribution >= 0.6 is 0 Å². The standard InChI is InChI=1S/C18H26F3N3O3/c1-11-7-13-12(8-23(11)15(26)27-16(2,3)4)14-18(20,21)6-5-17(19,10-25)9-24(14)22-13/h11,25H,5-10H2,1-4H3/t11-,17?/m1/s1. The minimum atomic E-state index is -3.29. The maximum absolute atomic E-state index is 14.8. The Hall–Kier alpha value is -1.77. The van der Waals surface area contributed by atoms with Gasteiger partial charge >= 0.3 is 6.09 Å². The van der Waals surface area contributed by atoms with Gasteiger partial charge < -0.3 is 14.7 Å². The molecule has 0 aromatic carbocycles. The Morgan fingerprint density at radius 2 is 2.00 bits per heavy atom. The highest BCUT2D eigenvalue weighted by Gasteiger charge is 2.48. The molecule has 0 bridgehead atoms. The Morgan fingerprint density at radius 1 is 1.33 bits per heavy atom. The van der Waals surface area contributed by atoms with Crippen molar-refractivity contribution in [1.29, 1.82) is 0 Å². The number of carbonyl (C=O) groups is 1. The second-order valence-corrected chi connectivity index (χ2v) is 8.61. The van der Waals surface area contributed by atoms with E-state index in [1.807, 2.05) is 0 Å². The summed E-state index contributed by atoms with van der Waals surface area (Å²) in [4.78, 5) is 13.9. The van der Waals surface area contributed by atoms with Gasteiger partial charge in [-0.15, -0.1) is 0 Å². The van der Waals surface area contributed by atoms with E-state index < -0.39 is 49.3 Å². The molecule has 2 atom stereocenters. The Kier molecular flexibility index (Phi) is 4.73. The lowest BCUT2D eigenvalue weighted by atomic mass is 9.95. The van der Waals surface area contributed by atoms with Crippen LogP contribution in [0.15, 0.2) is 0 Å². The van der Waals surface area contributed by atoms with Gasteiger partial charge in [0.2, 0.25) is 0 Å². The first-order valence-electron chi connectivity index (χ1n) is 9.11. The average Bonchev–Trinajstić information content (AvgIpc) is 2.83. The van der Waals surface area contributed by atoms with Gasteiger partial charge in [-0.3, -0.25) is 4.68 Å². The fourth-order valence-corrected chi connectivity index (χ4v) is 3.66. The van der Waals surface area contributed by atoms with Crippen LogP contribution in [0.4, 0.5) is 18.0 Å². The topological polar surface area (TPSA) is 67.6 Å². The first kappa shape index (κ1) is 20.0. The molecule has 1 unspecified atom stereocenters. The molecule has 9 heteroatoms. The molecule has 6 nitrogen and oxygen atoms in total. The van der Waals surface area contributed by atoms with Gasteiger partial charge in [0.1, 0.15) is 11.3 Å². The Morgan fingerprint density at radius 3 is 2.59 bits per heavy atom. The van der Waals surface area contributed by atoms with Crippen molar-refractivity contribution in [3.05, 3.63) is 17.0 Å². The number of nitrogens with zero attached hydrogens (tertiary/aromatic N) is 3. The Balaban J connectivity index is 1.98. The van der Waals surface area contributed by atoms with Crippen LogP contribution in [0, 0.1) is 0 Å². The van der Waals surface area contributed by atoms with Crippen molar-refractivity contribution in [3.8, 4) is 0 Å². The van der Waals surface area contributed by atoms with Crippen molar-refractivity contribution in [2.75, 3.05) is 6.61 Å². The molecule has 1 N–H and O–H groups in total. The SMILES string of the molecule is C[C@@H]1Cc2nn3c(c2CN1C(=O)OC(C)(C)C)C(F)(F)CCC(F)(CO)C3. The van der Waals surface area contributed by atoms with Crippen molar-refractivity contribution >= 4 is 6.09 Å². The van der Waals surface area contributed by atoms with Gasteiger partial charge in [-0.1, -0.05) is 0 Å². The average molecular weight is 389 g/mol. The molecule has 0 aliphatic carbocycles. The number of amides is 1. The number of rotatable bonds is 1. The van der Waals surface area contributed by atoms with E-state index in [2.05, 4.69) is 5.10 Å². The molecular formula is C18H26F3N3O3. The summed E-state index contributed by atoms with van der Waals surface area (Å²) in [5, 5.41) is 13.5. The van der Waals surface area contributed by atoms with Gasteiger partial charge in [-0.05, 0) is 34.1 Å². The third-order valence-corrected chi connectivity index (χ3v) is 5.06. The Bertz CT molecular complexity index is 744. The Labute approximate surface area is 156 Å². The molecule has 1 aromatic heterocycles. The third-order valence-electron chi connectivity index (χ3n) is 5.06. The maximum Gasteiger partial charge on any atom is 0.410 e. The molecule has 2 aliphatic rings. The molecule has 0 fully saturated rings. The lowest BCUT2D eigenvalue weighted by Gasteiger charge is -2.35. The highest BCUT2D eigenvalue weighted by atomic mass is 19.3. The summed E-state index contributed by atoms with van der Waals surface area (Å²) in [5.74, 6) is -3.29. The number of hydrogen-bond donors (Lipinski definition) is 1. The lowest BCUT2D eigenvalue weighted by Crippen LogP contribution is -2.45. The number of hydrogen-bond acceptors (Lipinski definition) is 4. The number of aromatic nitrogens is 2. The van der Waals surface area contributed by atoms with Gasteiger partial charge in [0.25, 0.3) is 5.92 Å². The van der Waals surface area contributed by atoms with Crippen LogP contribution in [0.2, 0.25) is 0 Å². The van der Waals surface area contributed by atoms with Crippen LogP contribution in [0.3, 0.4) is 0 Å². The molecular weight excluding hydrogens is 363 g/mol. The summed E-state index contributed by atoms with van der Waals surface area (Å²) < 4.78 is 50.7. The highest BCUT2D eigenvalue weighted by molar-refractivity contribution is 5.69. The van der Waals surface area contributed by atoms with Crippen LogP contribution < -0.4 is 0 Å². The number of aliphatic hydroxyl groups is 1. The molecule has 0 saturated heterocycles. The molecule has 27 heavy (non-hydrogen) atoms. The lowest BCUT2D eigenvalue weighted by molar-refractivity contribution is -0.0331. The number of aliphatic hydroxyl groups excluding tert-OH is 1. The van der Waals surface area contributed by atoms with E-state index in [9.17, 15) is 23.1 Å². The molecule has 152 valence electrons. The van der Waals surface area contributed by atoms with Crippen molar-refractivity contribution in [3.63, 3.8) is 0 Å². The van der Waals surface area contributed by atoms with E-state index in [1.165, 1.54) is 4.90 Å². The predicted molar refractivity (Wildman–Crippen MR) is 91.2 cm³/mol. The molecule has 0 spiro atoms. The van der Waals surface area contributed by atoms with Crippen LogP contribution in [0.25, 0.3) is 0 Å². The molecule has 3 heterocycles. The molecule has 3 rings (SSSR count). The van der Waals surface area contributed by atoms with Crippen LogP contribution in [0.1, 0.15) is 57.5 Å². The first-order chi connectivity index (χ1) is 12.4. The van der Waals surface area contributed by atoms with Gasteiger partial charge in [-0.25, -0.2) is 9.18 Å². The highest BCUT2D eigenvalue weighted by Crippen LogP contribution is 2.44. The maximum atomic E-state index is 14.8. The van der Waals surface area contributed by atoms with Crippen LogP contribution in [-0.4, -0.2) is 49.8 Å². The normalized spacial score (nSPS) is 27.6. The summed E-state index contributed by atoms with van der Waals surface area (Å²) in [5.41, 5.74) is -2.50. The summed E-state index contributed by atoms with van der Waals surface area (Å²) >= 11 is 0. The largest absolute Gasteiger partial charge is 0.444 e. The van der Waals surface area contributed by atoms with E-state index in [1.54, 1.807) is 27.7 Å². The smallest absolute Gasteiger partial charge is 0.410 e. The number of carbonyl (C=O) groups excluding carboxylic acids is 1. The molecule has 0 radical (unpaired) electrons. The van der Waals surface area contributed by atoms with Crippen molar-refractivity contribution < 1.29 is 27.8 Å². The predicted octanol–water partition coefficient (Wildman–Crippen LogP) is 3.15. The molecule has 1 amide bonds. The van der Waals surface area contributed by atoms with E-state index in [4.69, 9.17) is 4.74 Å². The zero-order valence-corrected chi connectivity index (χ0v) is 16.1. The number of alkyl halides is 3. The zero-order valence-electron chi connectivity index (χ0n) is 16.1. The third kappa shape index (κ3) is 3.79. The zero-order chi connectivity index (χ0) is 20.2. The number of ether oxygens (including phenoxy) is 1.